The van der Waals surface area contributed by atoms with E-state index in [-0.39, 0.29) is 15.9 Å². The van der Waals surface area contributed by atoms with Crippen LogP contribution in [-0.4, -0.2) is 25.2 Å². The van der Waals surface area contributed by atoms with E-state index in [2.05, 4.69) is 16.0 Å². The van der Waals surface area contributed by atoms with Gasteiger partial charge in [-0.15, -0.1) is 0 Å². The standard InChI is InChI=1S/C20H19ClFN3O/c1-26-18-4-5-24-8-14(18)7-19(11-23)9-20(10-19)12-25(13-20)15-2-3-17(22)16(21)6-15/h2-6,8H,7,9-10,12-13H2,1H3. The molecule has 1 aromatic carbocycles. The van der Waals surface area contributed by atoms with Gasteiger partial charge in [0.2, 0.25) is 0 Å². The molecule has 1 saturated carbocycles. The molecule has 0 bridgehead atoms. The van der Waals surface area contributed by atoms with Gasteiger partial charge in [-0.25, -0.2) is 4.39 Å². The minimum Gasteiger partial charge on any atom is -0.496 e. The highest BCUT2D eigenvalue weighted by molar-refractivity contribution is 6.31. The second kappa shape index (κ2) is 6.14. The third-order valence-electron chi connectivity index (χ3n) is 5.59. The van der Waals surface area contributed by atoms with Gasteiger partial charge in [-0.3, -0.25) is 4.98 Å². The fourth-order valence-electron chi connectivity index (χ4n) is 4.59. The number of nitriles is 1. The molecule has 0 amide bonds. The van der Waals surface area contributed by atoms with E-state index in [9.17, 15) is 9.65 Å². The predicted molar refractivity (Wildman–Crippen MR) is 97.8 cm³/mol. The van der Waals surface area contributed by atoms with Gasteiger partial charge in [-0.2, -0.15) is 5.26 Å². The Bertz CT molecular complexity index is 881. The zero-order valence-electron chi connectivity index (χ0n) is 14.5. The Labute approximate surface area is 157 Å². The molecule has 0 atom stereocenters. The summed E-state index contributed by atoms with van der Waals surface area (Å²) in [7, 11) is 1.64. The van der Waals surface area contributed by atoms with Gasteiger partial charge in [0.15, 0.2) is 0 Å². The van der Waals surface area contributed by atoms with Crippen molar-refractivity contribution in [3.63, 3.8) is 0 Å². The molecule has 4 rings (SSSR count). The van der Waals surface area contributed by atoms with Crippen LogP contribution in [0.3, 0.4) is 0 Å². The van der Waals surface area contributed by atoms with Gasteiger partial charge in [-0.05, 0) is 43.5 Å². The lowest BCUT2D eigenvalue weighted by Crippen LogP contribution is -2.66. The Morgan fingerprint density at radius 3 is 2.77 bits per heavy atom. The van der Waals surface area contributed by atoms with E-state index < -0.39 is 5.82 Å². The molecule has 1 spiro atoms. The van der Waals surface area contributed by atoms with E-state index in [1.807, 2.05) is 6.07 Å². The summed E-state index contributed by atoms with van der Waals surface area (Å²) in [5.74, 6) is 0.384. The number of ether oxygens (including phenoxy) is 1. The number of halogens is 2. The van der Waals surface area contributed by atoms with Crippen LogP contribution in [0.15, 0.2) is 36.7 Å². The number of benzene rings is 1. The molecule has 4 nitrogen and oxygen atoms in total. The third kappa shape index (κ3) is 2.79. The van der Waals surface area contributed by atoms with Crippen LogP contribution >= 0.6 is 11.6 Å². The molecule has 1 aliphatic heterocycles. The van der Waals surface area contributed by atoms with Crippen LogP contribution in [0.1, 0.15) is 18.4 Å². The van der Waals surface area contributed by atoms with Gasteiger partial charge < -0.3 is 9.64 Å². The zero-order chi connectivity index (χ0) is 18.4. The van der Waals surface area contributed by atoms with Crippen LogP contribution < -0.4 is 9.64 Å². The number of methoxy groups -OCH3 is 1. The van der Waals surface area contributed by atoms with Gasteiger partial charge in [-0.1, -0.05) is 11.6 Å². The molecule has 1 saturated heterocycles. The normalized spacial score (nSPS) is 19.4. The second-order valence-corrected chi connectivity index (χ2v) is 7.97. The maximum atomic E-state index is 13.3. The summed E-state index contributed by atoms with van der Waals surface area (Å²) < 4.78 is 18.7. The fraction of sp³-hybridized carbons (Fsp3) is 0.400. The minimum absolute atomic E-state index is 0.145. The molecule has 2 fully saturated rings. The maximum Gasteiger partial charge on any atom is 0.141 e. The highest BCUT2D eigenvalue weighted by Crippen LogP contribution is 2.60. The van der Waals surface area contributed by atoms with Gasteiger partial charge in [0.1, 0.15) is 11.6 Å². The Morgan fingerprint density at radius 2 is 2.12 bits per heavy atom. The Kier molecular flexibility index (Phi) is 4.04. The first-order chi connectivity index (χ1) is 12.5. The molecule has 0 N–H and O–H groups in total. The molecule has 6 heteroatoms. The van der Waals surface area contributed by atoms with E-state index in [0.29, 0.717) is 6.42 Å². The summed E-state index contributed by atoms with van der Waals surface area (Å²) in [5, 5.41) is 9.92. The van der Waals surface area contributed by atoms with E-state index >= 15 is 0 Å². The lowest BCUT2D eigenvalue weighted by atomic mass is 9.48. The SMILES string of the molecule is COc1ccncc1CC1(C#N)CC2(CN(c3ccc(F)c(Cl)c3)C2)C1. The van der Waals surface area contributed by atoms with Crippen LogP contribution in [0.25, 0.3) is 0 Å². The van der Waals surface area contributed by atoms with Crippen LogP contribution in [0, 0.1) is 28.0 Å². The van der Waals surface area contributed by atoms with Crippen molar-refractivity contribution < 1.29 is 9.13 Å². The Morgan fingerprint density at radius 1 is 1.35 bits per heavy atom. The maximum absolute atomic E-state index is 13.3. The summed E-state index contributed by atoms with van der Waals surface area (Å²) in [4.78, 5) is 6.36. The number of anilines is 1. The molecule has 0 unspecified atom stereocenters. The van der Waals surface area contributed by atoms with Crippen LogP contribution in [0.2, 0.25) is 5.02 Å². The van der Waals surface area contributed by atoms with Gasteiger partial charge in [0.25, 0.3) is 0 Å². The first kappa shape index (κ1) is 17.1. The average Bonchev–Trinajstić information content (AvgIpc) is 2.59. The number of hydrogen-bond acceptors (Lipinski definition) is 4. The number of pyridine rings is 1. The topological polar surface area (TPSA) is 49.1 Å². The molecule has 134 valence electrons. The van der Waals surface area contributed by atoms with E-state index in [0.717, 1.165) is 42.9 Å². The highest BCUT2D eigenvalue weighted by atomic mass is 35.5. The van der Waals surface area contributed by atoms with Gasteiger partial charge in [0, 0.05) is 42.1 Å². The molecule has 1 aliphatic carbocycles. The molecule has 2 aliphatic rings. The molecule has 26 heavy (non-hydrogen) atoms. The van der Waals surface area contributed by atoms with Gasteiger partial charge in [0.05, 0.1) is 23.6 Å². The average molecular weight is 372 g/mol. The lowest BCUT2D eigenvalue weighted by Gasteiger charge is -2.63. The summed E-state index contributed by atoms with van der Waals surface area (Å²) in [6.45, 7) is 1.76. The van der Waals surface area contributed by atoms with E-state index in [4.69, 9.17) is 16.3 Å². The third-order valence-corrected chi connectivity index (χ3v) is 5.88. The smallest absolute Gasteiger partial charge is 0.141 e. The minimum atomic E-state index is -0.400. The van der Waals surface area contributed by atoms with Crippen molar-refractivity contribution in [3.05, 3.63) is 53.1 Å². The number of aromatic nitrogens is 1. The van der Waals surface area contributed by atoms with Gasteiger partial charge >= 0.3 is 0 Å². The molecular formula is C20H19ClFN3O. The Balaban J connectivity index is 1.42. The van der Waals surface area contributed by atoms with Crippen molar-refractivity contribution in [2.45, 2.75) is 19.3 Å². The summed E-state index contributed by atoms with van der Waals surface area (Å²) in [6, 6.07) is 9.19. The second-order valence-electron chi connectivity index (χ2n) is 7.56. The van der Waals surface area contributed by atoms with E-state index in [1.165, 1.54) is 6.07 Å². The quantitative estimate of drug-likeness (QED) is 0.806. The van der Waals surface area contributed by atoms with Crippen molar-refractivity contribution in [2.75, 3.05) is 25.1 Å². The number of rotatable bonds is 4. The van der Waals surface area contributed by atoms with Crippen LogP contribution in [0.5, 0.6) is 5.75 Å². The fourth-order valence-corrected chi connectivity index (χ4v) is 4.76. The van der Waals surface area contributed by atoms with Crippen molar-refractivity contribution in [3.8, 4) is 11.8 Å². The summed E-state index contributed by atoms with van der Waals surface area (Å²) in [6.07, 6.45) is 5.86. The number of nitrogens with zero attached hydrogens (tertiary/aromatic N) is 3. The summed E-state index contributed by atoms with van der Waals surface area (Å²) >= 11 is 5.88. The van der Waals surface area contributed by atoms with Crippen LogP contribution in [-0.2, 0) is 6.42 Å². The molecular weight excluding hydrogens is 353 g/mol. The lowest BCUT2D eigenvalue weighted by molar-refractivity contribution is -0.0229. The molecule has 0 radical (unpaired) electrons. The number of hydrogen-bond donors (Lipinski definition) is 0. The first-order valence-electron chi connectivity index (χ1n) is 8.56. The van der Waals surface area contributed by atoms with Crippen LogP contribution in [0.4, 0.5) is 10.1 Å². The largest absolute Gasteiger partial charge is 0.496 e. The Hall–Kier alpha value is -2.32. The molecule has 2 aromatic rings. The molecule has 1 aromatic heterocycles. The zero-order valence-corrected chi connectivity index (χ0v) is 15.3. The first-order valence-corrected chi connectivity index (χ1v) is 8.94. The van der Waals surface area contributed by atoms with Crippen molar-refractivity contribution in [1.82, 2.24) is 4.98 Å². The van der Waals surface area contributed by atoms with E-state index in [1.54, 1.807) is 31.6 Å². The monoisotopic (exact) mass is 371 g/mol. The van der Waals surface area contributed by atoms with Crippen molar-refractivity contribution in [1.29, 1.82) is 5.26 Å². The predicted octanol–water partition coefficient (Wildman–Crippen LogP) is 4.24. The van der Waals surface area contributed by atoms with Crippen molar-refractivity contribution >= 4 is 17.3 Å². The summed E-state index contributed by atoms with van der Waals surface area (Å²) in [5.41, 5.74) is 1.73. The molecule has 2 heterocycles. The van der Waals surface area contributed by atoms with Crippen molar-refractivity contribution in [2.24, 2.45) is 10.8 Å². The highest BCUT2D eigenvalue weighted by Gasteiger charge is 2.60.